The summed E-state index contributed by atoms with van der Waals surface area (Å²) in [4.78, 5) is 14.2. The third kappa shape index (κ3) is 170. The van der Waals surface area contributed by atoms with Gasteiger partial charge in [-0.1, -0.05) is 0 Å². The van der Waals surface area contributed by atoms with Crippen molar-refractivity contribution in [2.24, 2.45) is 0 Å². The molecule has 0 spiro atoms. The van der Waals surface area contributed by atoms with Gasteiger partial charge in [-0.05, 0) is 0 Å². The first-order valence-corrected chi connectivity index (χ1v) is 2.45. The van der Waals surface area contributed by atoms with E-state index in [9.17, 15) is 0 Å². The smallest absolute Gasteiger partial charge is 0.346 e. The molecule has 0 saturated heterocycles. The van der Waals surface area contributed by atoms with Gasteiger partial charge in [-0.25, -0.2) is 0 Å². The van der Waals surface area contributed by atoms with Gasteiger partial charge in [0.25, 0.3) is 0 Å². The Morgan fingerprint density at radius 1 is 1.43 bits per heavy atom. The summed E-state index contributed by atoms with van der Waals surface area (Å²) in [6.07, 6.45) is 0. The topological polar surface area (TPSA) is 57.5 Å². The van der Waals surface area contributed by atoms with Gasteiger partial charge < -0.3 is 6.92 Å². The van der Waals surface area contributed by atoms with E-state index in [1.807, 2.05) is 0 Å². The summed E-state index contributed by atoms with van der Waals surface area (Å²) in [5.41, 5.74) is 0. The van der Waals surface area contributed by atoms with Gasteiger partial charge in [0, 0.05) is 4.57 Å². The van der Waals surface area contributed by atoms with Crippen LogP contribution in [0.15, 0.2) is 0 Å². The molecular formula is C2H7NaO3P+. The van der Waals surface area contributed by atoms with Crippen LogP contribution in [-0.2, 0) is 4.57 Å². The molecule has 3 nitrogen and oxygen atoms in total. The van der Waals surface area contributed by atoms with Crippen LogP contribution < -0.4 is 29.6 Å². The number of rotatable bonds is 0. The zero-order valence-electron chi connectivity index (χ0n) is 4.46. The predicted molar refractivity (Wildman–Crippen MR) is 23.1 cm³/mol. The van der Waals surface area contributed by atoms with Crippen LogP contribution in [0.3, 0.4) is 0 Å². The summed E-state index contributed by atoms with van der Waals surface area (Å²) < 4.78 is 8.70. The molecule has 0 aromatic rings. The molecule has 0 aromatic carbocycles. The van der Waals surface area contributed by atoms with Crippen LogP contribution >= 0.6 is 8.25 Å². The molecule has 0 rings (SSSR count). The van der Waals surface area contributed by atoms with Gasteiger partial charge in [0.15, 0.2) is 0 Å². The fourth-order valence-electron chi connectivity index (χ4n) is 0. The van der Waals surface area contributed by atoms with E-state index >= 15 is 0 Å². The fraction of sp³-hybridized carbons (Fsp3) is 0.500. The summed E-state index contributed by atoms with van der Waals surface area (Å²) in [5.74, 6) is 0. The Morgan fingerprint density at radius 3 is 1.43 bits per heavy atom. The van der Waals surface area contributed by atoms with Gasteiger partial charge in [-0.2, -0.15) is 6.92 Å². The first kappa shape index (κ1) is 15.7. The second-order valence-corrected chi connectivity index (χ2v) is 0.758. The molecule has 0 unspecified atom stereocenters. The Bertz CT molecular complexity index is 35.9. The van der Waals surface area contributed by atoms with Crippen LogP contribution in [0, 0.1) is 6.92 Å². The van der Waals surface area contributed by atoms with Gasteiger partial charge in [0.1, 0.15) is 0 Å². The molecule has 0 atom stereocenters. The van der Waals surface area contributed by atoms with Crippen molar-refractivity contribution in [3.63, 3.8) is 0 Å². The minimum atomic E-state index is -2.87. The van der Waals surface area contributed by atoms with Gasteiger partial charge in [-0.3, -0.25) is 0 Å². The Morgan fingerprint density at radius 2 is 1.43 bits per heavy atom. The summed E-state index contributed by atoms with van der Waals surface area (Å²) in [6.45, 7) is 5.00. The van der Waals surface area contributed by atoms with E-state index in [1.165, 1.54) is 0 Å². The Hall–Kier alpha value is 1.02. The van der Waals surface area contributed by atoms with E-state index in [2.05, 4.69) is 6.92 Å². The fourth-order valence-corrected chi connectivity index (χ4v) is 0. The quantitative estimate of drug-likeness (QED) is 0.218. The maximum atomic E-state index is 8.70. The van der Waals surface area contributed by atoms with Gasteiger partial charge in [-0.15, -0.1) is 9.79 Å². The second-order valence-electron chi connectivity index (χ2n) is 0.253. The molecule has 0 saturated carbocycles. The Balaban J connectivity index is -0.0000000480. The molecule has 5 heteroatoms. The van der Waals surface area contributed by atoms with Crippen molar-refractivity contribution < 1.29 is 43.9 Å². The summed E-state index contributed by atoms with van der Waals surface area (Å²) >= 11 is 0. The van der Waals surface area contributed by atoms with E-state index in [-0.39, 0.29) is 29.6 Å². The monoisotopic (exact) mass is 133 g/mol. The SMILES string of the molecule is O=[P+](O)O.[CH2-]C.[Na+]. The average Bonchev–Trinajstić information content (AvgIpc) is 1.41. The molecule has 0 aliphatic rings. The Labute approximate surface area is 66.0 Å². The van der Waals surface area contributed by atoms with E-state index in [0.29, 0.717) is 0 Å². The van der Waals surface area contributed by atoms with E-state index in [1.54, 1.807) is 6.92 Å². The molecule has 0 aromatic heterocycles. The zero-order valence-corrected chi connectivity index (χ0v) is 7.35. The zero-order chi connectivity index (χ0) is 5.58. The van der Waals surface area contributed by atoms with Gasteiger partial charge in [0.2, 0.25) is 0 Å². The van der Waals surface area contributed by atoms with Crippen molar-refractivity contribution in [2.45, 2.75) is 6.92 Å². The summed E-state index contributed by atoms with van der Waals surface area (Å²) in [6, 6.07) is 0. The molecule has 0 aliphatic carbocycles. The first-order chi connectivity index (χ1) is 2.73. The van der Waals surface area contributed by atoms with Crippen molar-refractivity contribution in [1.29, 1.82) is 0 Å². The molecular weight excluding hydrogens is 126 g/mol. The molecule has 0 heterocycles. The normalized spacial score (nSPS) is 4.57. The van der Waals surface area contributed by atoms with E-state index in [4.69, 9.17) is 14.4 Å². The van der Waals surface area contributed by atoms with Crippen LogP contribution in [0.1, 0.15) is 6.92 Å². The Kier molecular flexibility index (Phi) is 35.3. The summed E-state index contributed by atoms with van der Waals surface area (Å²) in [7, 11) is -2.87. The van der Waals surface area contributed by atoms with Crippen molar-refractivity contribution in [2.75, 3.05) is 0 Å². The van der Waals surface area contributed by atoms with Crippen molar-refractivity contribution in [1.82, 2.24) is 0 Å². The van der Waals surface area contributed by atoms with Crippen LogP contribution in [-0.4, -0.2) is 9.79 Å². The predicted octanol–water partition coefficient (Wildman–Crippen LogP) is -2.53. The van der Waals surface area contributed by atoms with Crippen molar-refractivity contribution in [3.05, 3.63) is 6.92 Å². The van der Waals surface area contributed by atoms with Crippen LogP contribution in [0.2, 0.25) is 0 Å². The first-order valence-electron chi connectivity index (χ1n) is 1.29. The molecule has 7 heavy (non-hydrogen) atoms. The third-order valence-electron chi connectivity index (χ3n) is 0. The summed E-state index contributed by atoms with van der Waals surface area (Å²) in [5, 5.41) is 0. The average molecular weight is 133 g/mol. The molecule has 0 amide bonds. The molecule has 0 bridgehead atoms. The maximum Gasteiger partial charge on any atom is 1.00 e. The van der Waals surface area contributed by atoms with Gasteiger partial charge >= 0.3 is 37.8 Å². The van der Waals surface area contributed by atoms with E-state index < -0.39 is 8.25 Å². The van der Waals surface area contributed by atoms with Crippen LogP contribution in [0.25, 0.3) is 0 Å². The second kappa shape index (κ2) is 15.7. The largest absolute Gasteiger partial charge is 1.00 e. The number of hydrogen-bond acceptors (Lipinski definition) is 1. The number of hydrogen-bond donors (Lipinski definition) is 2. The molecule has 38 valence electrons. The molecule has 0 fully saturated rings. The standard InChI is InChI=1S/C2H5.Na.HO3P/c1-2;;1-4(2)3/h1H2,2H3;;(H-,1,2,3)/q-1;+1;/p+1. The van der Waals surface area contributed by atoms with E-state index in [0.717, 1.165) is 0 Å². The van der Waals surface area contributed by atoms with Gasteiger partial charge in [0.05, 0.1) is 0 Å². The third-order valence-corrected chi connectivity index (χ3v) is 0. The van der Waals surface area contributed by atoms with Crippen LogP contribution in [0.5, 0.6) is 0 Å². The van der Waals surface area contributed by atoms with Crippen molar-refractivity contribution in [3.8, 4) is 0 Å². The van der Waals surface area contributed by atoms with Crippen LogP contribution in [0.4, 0.5) is 0 Å². The minimum Gasteiger partial charge on any atom is -0.346 e. The minimum absolute atomic E-state index is 0. The maximum absolute atomic E-state index is 8.70. The van der Waals surface area contributed by atoms with Crippen molar-refractivity contribution >= 4 is 8.25 Å². The molecule has 0 radical (unpaired) electrons. The molecule has 0 aliphatic heterocycles. The molecule has 2 N–H and O–H groups in total.